The van der Waals surface area contributed by atoms with E-state index in [-0.39, 0.29) is 25.3 Å². The lowest BCUT2D eigenvalue weighted by Gasteiger charge is -2.10. The lowest BCUT2D eigenvalue weighted by atomic mass is 10.0. The van der Waals surface area contributed by atoms with Crippen LogP contribution in [0.4, 0.5) is 0 Å². The predicted molar refractivity (Wildman–Crippen MR) is 105 cm³/mol. The molecule has 2 atom stereocenters. The van der Waals surface area contributed by atoms with E-state index in [0.717, 1.165) is 44.9 Å². The zero-order valence-corrected chi connectivity index (χ0v) is 16.8. The number of carbonyl (C=O) groups is 1. The molecule has 0 bridgehead atoms. The summed E-state index contributed by atoms with van der Waals surface area (Å²) in [7, 11) is 0. The summed E-state index contributed by atoms with van der Waals surface area (Å²) in [6.07, 6.45) is 15.1. The van der Waals surface area contributed by atoms with E-state index in [2.05, 4.69) is 6.92 Å². The highest BCUT2D eigenvalue weighted by Gasteiger charge is 2.07. The molecule has 156 valence electrons. The molecule has 5 nitrogen and oxygen atoms in total. The Morgan fingerprint density at radius 3 is 1.81 bits per heavy atom. The second-order valence-electron chi connectivity index (χ2n) is 7.39. The van der Waals surface area contributed by atoms with Crippen LogP contribution in [0.25, 0.3) is 0 Å². The minimum Gasteiger partial charge on any atom is -0.463 e. The van der Waals surface area contributed by atoms with Crippen LogP contribution in [-0.2, 0) is 9.53 Å². The van der Waals surface area contributed by atoms with Crippen LogP contribution in [0.2, 0.25) is 0 Å². The van der Waals surface area contributed by atoms with E-state index >= 15 is 0 Å². The highest BCUT2D eigenvalue weighted by molar-refractivity contribution is 5.69. The first-order valence-electron chi connectivity index (χ1n) is 10.7. The SMILES string of the molecule is CCCCCC[C@@H](O)CCCCCCCCCCC(=O)OC[C@@H](O)CO. The van der Waals surface area contributed by atoms with E-state index in [4.69, 9.17) is 14.9 Å². The Hall–Kier alpha value is -0.650. The van der Waals surface area contributed by atoms with Crippen LogP contribution in [0.1, 0.15) is 103 Å². The van der Waals surface area contributed by atoms with Gasteiger partial charge in [0, 0.05) is 6.42 Å². The molecule has 0 aliphatic rings. The van der Waals surface area contributed by atoms with Crippen LogP contribution in [-0.4, -0.2) is 46.7 Å². The molecule has 0 heterocycles. The number of rotatable bonds is 19. The average molecular weight is 375 g/mol. The second-order valence-corrected chi connectivity index (χ2v) is 7.39. The van der Waals surface area contributed by atoms with Crippen molar-refractivity contribution in [2.75, 3.05) is 13.2 Å². The van der Waals surface area contributed by atoms with E-state index in [1.807, 2.05) is 0 Å². The van der Waals surface area contributed by atoms with Gasteiger partial charge >= 0.3 is 5.97 Å². The van der Waals surface area contributed by atoms with Gasteiger partial charge in [0.15, 0.2) is 0 Å². The fourth-order valence-electron chi connectivity index (χ4n) is 2.98. The van der Waals surface area contributed by atoms with Crippen LogP contribution in [0.5, 0.6) is 0 Å². The molecular weight excluding hydrogens is 332 g/mol. The van der Waals surface area contributed by atoms with Crippen molar-refractivity contribution in [1.82, 2.24) is 0 Å². The summed E-state index contributed by atoms with van der Waals surface area (Å²) in [5, 5.41) is 27.6. The van der Waals surface area contributed by atoms with Crippen LogP contribution in [0.3, 0.4) is 0 Å². The number of aliphatic hydroxyl groups excluding tert-OH is 3. The number of esters is 1. The maximum atomic E-state index is 11.4. The van der Waals surface area contributed by atoms with Gasteiger partial charge in [0.05, 0.1) is 12.7 Å². The number of hydrogen-bond acceptors (Lipinski definition) is 5. The van der Waals surface area contributed by atoms with Crippen molar-refractivity contribution in [3.8, 4) is 0 Å². The first kappa shape index (κ1) is 25.4. The number of unbranched alkanes of at least 4 members (excludes halogenated alkanes) is 10. The summed E-state index contributed by atoms with van der Waals surface area (Å²) in [6.45, 7) is 1.70. The Labute approximate surface area is 160 Å². The van der Waals surface area contributed by atoms with Gasteiger partial charge in [0.2, 0.25) is 0 Å². The second kappa shape index (κ2) is 19.1. The number of carbonyl (C=O) groups excluding carboxylic acids is 1. The van der Waals surface area contributed by atoms with Gasteiger partial charge in [-0.3, -0.25) is 4.79 Å². The highest BCUT2D eigenvalue weighted by atomic mass is 16.5. The summed E-state index contributed by atoms with van der Waals surface area (Å²) in [5.74, 6) is -0.300. The van der Waals surface area contributed by atoms with E-state index in [1.54, 1.807) is 0 Å². The standard InChI is InChI=1S/C21H42O5/c1-2-3-4-11-14-19(23)15-12-9-7-5-6-8-10-13-16-21(25)26-18-20(24)17-22/h19-20,22-24H,2-18H2,1H3/t19-,20+/m1/s1. The number of hydrogen-bond donors (Lipinski definition) is 3. The molecule has 0 saturated heterocycles. The maximum absolute atomic E-state index is 11.4. The summed E-state index contributed by atoms with van der Waals surface area (Å²) in [5.41, 5.74) is 0. The van der Waals surface area contributed by atoms with Gasteiger partial charge < -0.3 is 20.1 Å². The van der Waals surface area contributed by atoms with Crippen LogP contribution in [0.15, 0.2) is 0 Å². The molecule has 0 amide bonds. The van der Waals surface area contributed by atoms with Gasteiger partial charge in [-0.25, -0.2) is 0 Å². The third kappa shape index (κ3) is 18.2. The summed E-state index contributed by atoms with van der Waals surface area (Å²) >= 11 is 0. The topological polar surface area (TPSA) is 87.0 Å². The molecule has 0 aromatic rings. The minimum atomic E-state index is -0.971. The lowest BCUT2D eigenvalue weighted by Crippen LogP contribution is -2.21. The number of ether oxygens (including phenoxy) is 1. The molecule has 0 radical (unpaired) electrons. The van der Waals surface area contributed by atoms with Crippen LogP contribution >= 0.6 is 0 Å². The molecule has 0 saturated carbocycles. The molecule has 0 fully saturated rings. The van der Waals surface area contributed by atoms with Gasteiger partial charge in [-0.15, -0.1) is 0 Å². The lowest BCUT2D eigenvalue weighted by molar-refractivity contribution is -0.147. The Bertz CT molecular complexity index is 309. The predicted octanol–water partition coefficient (Wildman–Crippen LogP) is 4.12. The van der Waals surface area contributed by atoms with Crippen LogP contribution < -0.4 is 0 Å². The normalized spacial score (nSPS) is 13.5. The molecule has 26 heavy (non-hydrogen) atoms. The summed E-state index contributed by atoms with van der Waals surface area (Å²) < 4.78 is 4.85. The largest absolute Gasteiger partial charge is 0.463 e. The quantitative estimate of drug-likeness (QED) is 0.234. The van der Waals surface area contributed by atoms with Crippen molar-refractivity contribution < 1.29 is 24.9 Å². The first-order valence-corrected chi connectivity index (χ1v) is 10.7. The van der Waals surface area contributed by atoms with Crippen molar-refractivity contribution in [3.05, 3.63) is 0 Å². The van der Waals surface area contributed by atoms with E-state index < -0.39 is 6.10 Å². The zero-order valence-electron chi connectivity index (χ0n) is 16.8. The Balaban J connectivity index is 3.25. The van der Waals surface area contributed by atoms with Crippen molar-refractivity contribution in [1.29, 1.82) is 0 Å². The first-order chi connectivity index (χ1) is 12.6. The third-order valence-electron chi connectivity index (χ3n) is 4.71. The molecule has 5 heteroatoms. The molecule has 0 rings (SSSR count). The van der Waals surface area contributed by atoms with Crippen molar-refractivity contribution in [2.24, 2.45) is 0 Å². The molecule has 0 spiro atoms. The van der Waals surface area contributed by atoms with Crippen molar-refractivity contribution >= 4 is 5.97 Å². The van der Waals surface area contributed by atoms with Gasteiger partial charge in [-0.05, 0) is 19.3 Å². The maximum Gasteiger partial charge on any atom is 0.305 e. The Kier molecular flexibility index (Phi) is 18.6. The van der Waals surface area contributed by atoms with Crippen molar-refractivity contribution in [3.63, 3.8) is 0 Å². The molecular formula is C21H42O5. The number of aliphatic hydroxyl groups is 3. The van der Waals surface area contributed by atoms with Gasteiger partial charge in [0.1, 0.15) is 12.7 Å². The smallest absolute Gasteiger partial charge is 0.305 e. The summed E-state index contributed by atoms with van der Waals surface area (Å²) in [4.78, 5) is 11.4. The van der Waals surface area contributed by atoms with E-state index in [1.165, 1.54) is 44.9 Å². The highest BCUT2D eigenvalue weighted by Crippen LogP contribution is 2.14. The monoisotopic (exact) mass is 374 g/mol. The molecule has 0 aromatic heterocycles. The molecule has 0 aliphatic carbocycles. The van der Waals surface area contributed by atoms with Gasteiger partial charge in [-0.2, -0.15) is 0 Å². The van der Waals surface area contributed by atoms with Gasteiger partial charge in [0.25, 0.3) is 0 Å². The fraction of sp³-hybridized carbons (Fsp3) is 0.952. The fourth-order valence-corrected chi connectivity index (χ4v) is 2.98. The summed E-state index contributed by atoms with van der Waals surface area (Å²) in [6, 6.07) is 0. The molecule has 0 aromatic carbocycles. The molecule has 0 unspecified atom stereocenters. The van der Waals surface area contributed by atoms with Crippen molar-refractivity contribution in [2.45, 2.75) is 115 Å². The van der Waals surface area contributed by atoms with E-state index in [0.29, 0.717) is 6.42 Å². The zero-order chi connectivity index (χ0) is 19.5. The third-order valence-corrected chi connectivity index (χ3v) is 4.71. The van der Waals surface area contributed by atoms with E-state index in [9.17, 15) is 9.90 Å². The Morgan fingerprint density at radius 1 is 0.769 bits per heavy atom. The van der Waals surface area contributed by atoms with Crippen LogP contribution in [0, 0.1) is 0 Å². The Morgan fingerprint density at radius 2 is 1.27 bits per heavy atom. The molecule has 0 aliphatic heterocycles. The minimum absolute atomic E-state index is 0.106. The average Bonchev–Trinajstić information content (AvgIpc) is 2.64. The van der Waals surface area contributed by atoms with Gasteiger partial charge in [-0.1, -0.05) is 77.6 Å². The molecule has 3 N–H and O–H groups in total.